The maximum atomic E-state index is 11.1. The Bertz CT molecular complexity index is 314. The number of carbonyl (C=O) groups excluding carboxylic acids is 1. The summed E-state index contributed by atoms with van der Waals surface area (Å²) in [5, 5.41) is 6.65. The number of amides is 1. The molecule has 0 aliphatic carbocycles. The van der Waals surface area contributed by atoms with Gasteiger partial charge in [-0.1, -0.05) is 13.0 Å². The average molecular weight is 179 g/mol. The molecule has 70 valence electrons. The molecule has 0 unspecified atom stereocenters. The topological polar surface area (TPSA) is 46.9 Å². The predicted molar refractivity (Wildman–Crippen MR) is 51.3 cm³/mol. The first-order valence-electron chi connectivity index (χ1n) is 4.19. The summed E-state index contributed by atoms with van der Waals surface area (Å²) in [6.45, 7) is 1.98. The van der Waals surface area contributed by atoms with E-state index in [0.717, 1.165) is 6.42 Å². The van der Waals surface area contributed by atoms with E-state index in [2.05, 4.69) is 10.4 Å². The lowest BCUT2D eigenvalue weighted by molar-refractivity contribution is -0.111. The maximum absolute atomic E-state index is 11.1. The number of anilines is 1. The van der Waals surface area contributed by atoms with Crippen molar-refractivity contribution in [2.45, 2.75) is 13.3 Å². The highest BCUT2D eigenvalue weighted by molar-refractivity contribution is 5.98. The Balaban J connectivity index is 2.50. The van der Waals surface area contributed by atoms with Crippen LogP contribution in [0.5, 0.6) is 0 Å². The highest BCUT2D eigenvalue weighted by Gasteiger charge is 1.98. The first-order chi connectivity index (χ1) is 6.22. The molecule has 1 aromatic heterocycles. The lowest BCUT2D eigenvalue weighted by atomic mass is 10.4. The van der Waals surface area contributed by atoms with E-state index < -0.39 is 0 Å². The first kappa shape index (κ1) is 9.51. The van der Waals surface area contributed by atoms with Crippen LogP contribution in [-0.4, -0.2) is 15.7 Å². The molecule has 0 aliphatic rings. The normalized spacial score (nSPS) is 10.6. The van der Waals surface area contributed by atoms with Crippen LogP contribution >= 0.6 is 0 Å². The minimum absolute atomic E-state index is 0.138. The molecule has 0 aromatic carbocycles. The summed E-state index contributed by atoms with van der Waals surface area (Å²) in [7, 11) is 1.80. The number of nitrogens with one attached hydrogen (secondary N) is 1. The van der Waals surface area contributed by atoms with Crippen molar-refractivity contribution in [3.05, 3.63) is 24.4 Å². The summed E-state index contributed by atoms with van der Waals surface area (Å²) in [6.07, 6.45) is 5.95. The Morgan fingerprint density at radius 3 is 3.08 bits per heavy atom. The van der Waals surface area contributed by atoms with Gasteiger partial charge in [-0.15, -0.1) is 0 Å². The molecule has 1 aromatic rings. The Hall–Kier alpha value is -1.58. The highest BCUT2D eigenvalue weighted by atomic mass is 16.1. The smallest absolute Gasteiger partial charge is 0.249 e. The SMILES string of the molecule is CC/C=C/C(=O)Nc1ccn(C)n1. The summed E-state index contributed by atoms with van der Waals surface area (Å²) in [6, 6.07) is 1.75. The maximum Gasteiger partial charge on any atom is 0.249 e. The molecule has 1 amide bonds. The van der Waals surface area contributed by atoms with Crippen molar-refractivity contribution in [2.75, 3.05) is 5.32 Å². The van der Waals surface area contributed by atoms with Crippen molar-refractivity contribution in [3.63, 3.8) is 0 Å². The predicted octanol–water partition coefficient (Wildman–Crippen LogP) is 1.32. The summed E-state index contributed by atoms with van der Waals surface area (Å²) in [5.74, 6) is 0.439. The number of aryl methyl sites for hydroxylation is 1. The third kappa shape index (κ3) is 3.11. The lowest BCUT2D eigenvalue weighted by Crippen LogP contribution is -2.08. The van der Waals surface area contributed by atoms with Gasteiger partial charge in [0.25, 0.3) is 0 Å². The monoisotopic (exact) mass is 179 g/mol. The standard InChI is InChI=1S/C9H13N3O/c1-3-4-5-9(13)10-8-6-7-12(2)11-8/h4-7H,3H2,1-2H3,(H,10,11,13)/b5-4+. The Labute approximate surface area is 77.3 Å². The highest BCUT2D eigenvalue weighted by Crippen LogP contribution is 2.00. The zero-order chi connectivity index (χ0) is 9.68. The molecule has 4 heteroatoms. The second-order valence-electron chi connectivity index (χ2n) is 2.67. The minimum Gasteiger partial charge on any atom is -0.306 e. The molecule has 0 atom stereocenters. The second kappa shape index (κ2) is 4.45. The van der Waals surface area contributed by atoms with Gasteiger partial charge in [-0.3, -0.25) is 9.48 Å². The van der Waals surface area contributed by atoms with Crippen molar-refractivity contribution in [1.29, 1.82) is 0 Å². The molecule has 0 saturated carbocycles. The van der Waals surface area contributed by atoms with E-state index in [0.29, 0.717) is 5.82 Å². The molecule has 0 fully saturated rings. The van der Waals surface area contributed by atoms with Crippen LogP contribution in [0.4, 0.5) is 5.82 Å². The van der Waals surface area contributed by atoms with E-state index in [1.165, 1.54) is 6.08 Å². The lowest BCUT2D eigenvalue weighted by Gasteiger charge is -1.94. The number of rotatable bonds is 3. The molecule has 4 nitrogen and oxygen atoms in total. The van der Waals surface area contributed by atoms with E-state index in [-0.39, 0.29) is 5.91 Å². The average Bonchev–Trinajstić information content (AvgIpc) is 2.48. The van der Waals surface area contributed by atoms with Crippen molar-refractivity contribution in [1.82, 2.24) is 9.78 Å². The summed E-state index contributed by atoms with van der Waals surface area (Å²) in [4.78, 5) is 11.1. The van der Waals surface area contributed by atoms with Crippen LogP contribution < -0.4 is 5.32 Å². The van der Waals surface area contributed by atoms with E-state index in [1.54, 1.807) is 30.1 Å². The van der Waals surface area contributed by atoms with Crippen molar-refractivity contribution in [3.8, 4) is 0 Å². The fraction of sp³-hybridized carbons (Fsp3) is 0.333. The number of allylic oxidation sites excluding steroid dienone is 1. The summed E-state index contributed by atoms with van der Waals surface area (Å²) >= 11 is 0. The van der Waals surface area contributed by atoms with Crippen LogP contribution in [-0.2, 0) is 11.8 Å². The molecule has 1 N–H and O–H groups in total. The van der Waals surface area contributed by atoms with E-state index in [9.17, 15) is 4.79 Å². The molecule has 1 heterocycles. The zero-order valence-corrected chi connectivity index (χ0v) is 7.82. The third-order valence-corrected chi connectivity index (χ3v) is 1.47. The zero-order valence-electron chi connectivity index (χ0n) is 7.82. The molecule has 0 bridgehead atoms. The van der Waals surface area contributed by atoms with Crippen LogP contribution in [0.1, 0.15) is 13.3 Å². The molecular formula is C9H13N3O. The fourth-order valence-corrected chi connectivity index (χ4v) is 0.875. The molecular weight excluding hydrogens is 166 g/mol. The van der Waals surface area contributed by atoms with Gasteiger partial charge in [0, 0.05) is 19.3 Å². The number of aromatic nitrogens is 2. The van der Waals surface area contributed by atoms with Crippen LogP contribution in [0.15, 0.2) is 24.4 Å². The van der Waals surface area contributed by atoms with Crippen LogP contribution in [0, 0.1) is 0 Å². The van der Waals surface area contributed by atoms with Gasteiger partial charge in [-0.25, -0.2) is 0 Å². The van der Waals surface area contributed by atoms with Gasteiger partial charge < -0.3 is 5.32 Å². The van der Waals surface area contributed by atoms with Crippen LogP contribution in [0.25, 0.3) is 0 Å². The Kier molecular flexibility index (Phi) is 3.25. The van der Waals surface area contributed by atoms with Gasteiger partial charge >= 0.3 is 0 Å². The van der Waals surface area contributed by atoms with Gasteiger partial charge in [-0.05, 0) is 12.5 Å². The van der Waals surface area contributed by atoms with Gasteiger partial charge in [0.15, 0.2) is 5.82 Å². The van der Waals surface area contributed by atoms with Crippen LogP contribution in [0.3, 0.4) is 0 Å². The van der Waals surface area contributed by atoms with Crippen LogP contribution in [0.2, 0.25) is 0 Å². The van der Waals surface area contributed by atoms with Crippen molar-refractivity contribution < 1.29 is 4.79 Å². The van der Waals surface area contributed by atoms with Crippen molar-refractivity contribution >= 4 is 11.7 Å². The van der Waals surface area contributed by atoms with Gasteiger partial charge in [-0.2, -0.15) is 5.10 Å². The number of nitrogens with zero attached hydrogens (tertiary/aromatic N) is 2. The molecule has 13 heavy (non-hydrogen) atoms. The van der Waals surface area contributed by atoms with Gasteiger partial charge in [0.1, 0.15) is 0 Å². The molecule has 1 rings (SSSR count). The summed E-state index contributed by atoms with van der Waals surface area (Å²) in [5.41, 5.74) is 0. The largest absolute Gasteiger partial charge is 0.306 e. The second-order valence-corrected chi connectivity index (χ2v) is 2.67. The third-order valence-electron chi connectivity index (χ3n) is 1.47. The van der Waals surface area contributed by atoms with Gasteiger partial charge in [0.2, 0.25) is 5.91 Å². The number of carbonyl (C=O) groups is 1. The van der Waals surface area contributed by atoms with E-state index in [1.807, 2.05) is 6.92 Å². The van der Waals surface area contributed by atoms with Gasteiger partial charge in [0.05, 0.1) is 0 Å². The Morgan fingerprint density at radius 2 is 2.54 bits per heavy atom. The fourth-order valence-electron chi connectivity index (χ4n) is 0.875. The molecule has 0 aliphatic heterocycles. The number of hydrogen-bond donors (Lipinski definition) is 1. The molecule has 0 radical (unpaired) electrons. The molecule has 0 spiro atoms. The number of hydrogen-bond acceptors (Lipinski definition) is 2. The quantitative estimate of drug-likeness (QED) is 0.711. The minimum atomic E-state index is -0.138. The molecule has 0 saturated heterocycles. The van der Waals surface area contributed by atoms with E-state index >= 15 is 0 Å². The summed E-state index contributed by atoms with van der Waals surface area (Å²) < 4.78 is 1.64. The van der Waals surface area contributed by atoms with Crippen molar-refractivity contribution in [2.24, 2.45) is 7.05 Å². The Morgan fingerprint density at radius 1 is 1.77 bits per heavy atom. The van der Waals surface area contributed by atoms with E-state index in [4.69, 9.17) is 0 Å². The first-order valence-corrected chi connectivity index (χ1v) is 4.19.